The van der Waals surface area contributed by atoms with Crippen LogP contribution in [-0.2, 0) is 9.59 Å². The second-order valence-electron chi connectivity index (χ2n) is 5.00. The highest BCUT2D eigenvalue weighted by Gasteiger charge is 2.33. The molecule has 2 rings (SSSR count). The van der Waals surface area contributed by atoms with Crippen LogP contribution >= 0.6 is 12.2 Å². The van der Waals surface area contributed by atoms with E-state index < -0.39 is 5.91 Å². The molecule has 0 aliphatic carbocycles. The first-order valence-electron chi connectivity index (χ1n) is 6.58. The summed E-state index contributed by atoms with van der Waals surface area (Å²) in [5.41, 5.74) is 0.139. The molecule has 0 aromatic heterocycles. The van der Waals surface area contributed by atoms with Crippen LogP contribution in [-0.4, -0.2) is 66.5 Å². The van der Waals surface area contributed by atoms with Gasteiger partial charge in [-0.2, -0.15) is 0 Å². The molecule has 6 nitrogen and oxygen atoms in total. The Labute approximate surface area is 123 Å². The lowest BCUT2D eigenvalue weighted by Gasteiger charge is -2.32. The van der Waals surface area contributed by atoms with Crippen molar-refractivity contribution < 1.29 is 14.5 Å². The van der Waals surface area contributed by atoms with E-state index in [-0.39, 0.29) is 16.6 Å². The molecule has 0 radical (unpaired) electrons. The molecule has 0 bridgehead atoms. The zero-order valence-corrected chi connectivity index (χ0v) is 12.3. The lowest BCUT2D eigenvalue weighted by atomic mass is 10.2. The van der Waals surface area contributed by atoms with Crippen molar-refractivity contribution in [3.05, 3.63) is 24.4 Å². The normalized spacial score (nSPS) is 23.2. The monoisotopic (exact) mass is 295 g/mol. The third-order valence-electron chi connectivity index (χ3n) is 3.46. The quantitative estimate of drug-likeness (QED) is 0.277. The first-order valence-corrected chi connectivity index (χ1v) is 6.99. The summed E-state index contributed by atoms with van der Waals surface area (Å²) < 4.78 is 0. The third kappa shape index (κ3) is 3.05. The topological polar surface area (TPSA) is 57.1 Å². The van der Waals surface area contributed by atoms with Crippen LogP contribution in [0.15, 0.2) is 24.4 Å². The highest BCUT2D eigenvalue weighted by molar-refractivity contribution is 7.80. The number of piperazine rings is 1. The number of hydrogen-bond acceptors (Lipinski definition) is 4. The molecule has 108 valence electrons. The maximum absolute atomic E-state index is 12.3. The summed E-state index contributed by atoms with van der Waals surface area (Å²) in [5, 5.41) is 2.68. The van der Waals surface area contributed by atoms with E-state index in [0.29, 0.717) is 6.54 Å². The number of carbonyl (C=O) groups is 2. The Bertz CT molecular complexity index is 481. The van der Waals surface area contributed by atoms with Crippen molar-refractivity contribution in [2.24, 2.45) is 0 Å². The number of nitrogens with one attached hydrogen (secondary N) is 2. The van der Waals surface area contributed by atoms with Crippen LogP contribution in [0.5, 0.6) is 0 Å². The Kier molecular flexibility index (Phi) is 4.51. The SMILES string of the molecule is C=CCN1C(=O)/C(=C\N2CC[NH+](C)CC2)C(=O)NC1=S. The minimum Gasteiger partial charge on any atom is -0.365 e. The zero-order valence-electron chi connectivity index (χ0n) is 11.5. The van der Waals surface area contributed by atoms with E-state index in [1.54, 1.807) is 12.3 Å². The second kappa shape index (κ2) is 6.15. The van der Waals surface area contributed by atoms with Gasteiger partial charge >= 0.3 is 0 Å². The Hall–Kier alpha value is -1.73. The van der Waals surface area contributed by atoms with Gasteiger partial charge in [-0.15, -0.1) is 6.58 Å². The molecule has 7 heteroatoms. The Morgan fingerprint density at radius 1 is 1.40 bits per heavy atom. The summed E-state index contributed by atoms with van der Waals surface area (Å²) in [6.07, 6.45) is 3.24. The van der Waals surface area contributed by atoms with Gasteiger partial charge in [-0.1, -0.05) is 6.08 Å². The highest BCUT2D eigenvalue weighted by Crippen LogP contribution is 2.11. The number of quaternary nitrogens is 1. The Balaban J connectivity index is 2.16. The number of rotatable bonds is 3. The van der Waals surface area contributed by atoms with Gasteiger partial charge in [0.2, 0.25) is 0 Å². The minimum absolute atomic E-state index is 0.139. The molecule has 0 aromatic carbocycles. The number of thiocarbonyl (C=S) groups is 1. The van der Waals surface area contributed by atoms with Crippen LogP contribution in [0.25, 0.3) is 0 Å². The largest absolute Gasteiger partial charge is 0.365 e. The lowest BCUT2D eigenvalue weighted by Crippen LogP contribution is -3.11. The summed E-state index contributed by atoms with van der Waals surface area (Å²) >= 11 is 5.00. The van der Waals surface area contributed by atoms with Crippen LogP contribution in [0.1, 0.15) is 0 Å². The molecule has 0 aromatic rings. The molecule has 2 saturated heterocycles. The lowest BCUT2D eigenvalue weighted by molar-refractivity contribution is -0.883. The fourth-order valence-electron chi connectivity index (χ4n) is 2.19. The third-order valence-corrected chi connectivity index (χ3v) is 3.78. The summed E-state index contributed by atoms with van der Waals surface area (Å²) in [6.45, 7) is 7.55. The summed E-state index contributed by atoms with van der Waals surface area (Å²) in [7, 11) is 2.13. The number of amides is 2. The summed E-state index contributed by atoms with van der Waals surface area (Å²) in [6, 6.07) is 0. The Morgan fingerprint density at radius 2 is 2.05 bits per heavy atom. The average Bonchev–Trinajstić information content (AvgIpc) is 2.41. The summed E-state index contributed by atoms with van der Waals surface area (Å²) in [5.74, 6) is -0.781. The molecule has 2 fully saturated rings. The van der Waals surface area contributed by atoms with Crippen LogP contribution < -0.4 is 10.2 Å². The fourth-order valence-corrected chi connectivity index (χ4v) is 2.44. The smallest absolute Gasteiger partial charge is 0.267 e. The molecule has 2 heterocycles. The number of carbonyl (C=O) groups excluding carboxylic acids is 2. The zero-order chi connectivity index (χ0) is 14.7. The standard InChI is InChI=1S/C13H18N4O2S/c1-3-4-17-12(19)10(11(18)14-13(17)20)9-16-7-5-15(2)6-8-16/h3,9H,1,4-8H2,2H3,(H,14,18,20)/p+1/b10-9-. The first kappa shape index (κ1) is 14.7. The van der Waals surface area contributed by atoms with Crippen molar-refractivity contribution in [1.29, 1.82) is 0 Å². The van der Waals surface area contributed by atoms with Crippen LogP contribution in [0.4, 0.5) is 0 Å². The predicted octanol–water partition coefficient (Wildman–Crippen LogP) is -1.87. The van der Waals surface area contributed by atoms with E-state index in [0.717, 1.165) is 26.2 Å². The molecule has 0 atom stereocenters. The van der Waals surface area contributed by atoms with Crippen molar-refractivity contribution in [2.45, 2.75) is 0 Å². The van der Waals surface area contributed by atoms with Gasteiger partial charge < -0.3 is 9.80 Å². The van der Waals surface area contributed by atoms with Gasteiger partial charge in [-0.3, -0.25) is 19.8 Å². The van der Waals surface area contributed by atoms with Crippen molar-refractivity contribution in [1.82, 2.24) is 15.1 Å². The number of likely N-dealkylation sites (N-methyl/N-ethyl adjacent to an activating group) is 1. The highest BCUT2D eigenvalue weighted by atomic mass is 32.1. The molecule has 2 aliphatic rings. The van der Waals surface area contributed by atoms with Crippen LogP contribution in [0.2, 0.25) is 0 Å². The molecular weight excluding hydrogens is 276 g/mol. The molecule has 0 unspecified atom stereocenters. The van der Waals surface area contributed by atoms with E-state index in [1.807, 2.05) is 4.90 Å². The van der Waals surface area contributed by atoms with Gasteiger partial charge in [0.1, 0.15) is 5.57 Å². The van der Waals surface area contributed by atoms with Gasteiger partial charge in [0.25, 0.3) is 11.8 Å². The Morgan fingerprint density at radius 3 is 2.65 bits per heavy atom. The van der Waals surface area contributed by atoms with Crippen molar-refractivity contribution >= 4 is 29.1 Å². The molecule has 20 heavy (non-hydrogen) atoms. The van der Waals surface area contributed by atoms with Gasteiger partial charge in [0.05, 0.1) is 33.2 Å². The summed E-state index contributed by atoms with van der Waals surface area (Å²) in [4.78, 5) is 29.0. The van der Waals surface area contributed by atoms with E-state index in [4.69, 9.17) is 12.2 Å². The van der Waals surface area contributed by atoms with Crippen LogP contribution in [0.3, 0.4) is 0 Å². The van der Waals surface area contributed by atoms with Gasteiger partial charge in [-0.25, -0.2) is 0 Å². The minimum atomic E-state index is -0.424. The van der Waals surface area contributed by atoms with Gasteiger partial charge in [0.15, 0.2) is 5.11 Å². The molecule has 2 amide bonds. The average molecular weight is 295 g/mol. The van der Waals surface area contributed by atoms with E-state index in [2.05, 4.69) is 18.9 Å². The van der Waals surface area contributed by atoms with E-state index in [1.165, 1.54) is 9.80 Å². The van der Waals surface area contributed by atoms with E-state index in [9.17, 15) is 9.59 Å². The van der Waals surface area contributed by atoms with Crippen molar-refractivity contribution in [2.75, 3.05) is 39.8 Å². The first-order chi connectivity index (χ1) is 9.52. The number of hydrogen-bond donors (Lipinski definition) is 2. The van der Waals surface area contributed by atoms with Gasteiger partial charge in [-0.05, 0) is 12.2 Å². The number of nitrogens with zero attached hydrogens (tertiary/aromatic N) is 2. The molecule has 2 N–H and O–H groups in total. The molecular formula is C13H19N4O2S+. The van der Waals surface area contributed by atoms with Crippen molar-refractivity contribution in [3.63, 3.8) is 0 Å². The van der Waals surface area contributed by atoms with Crippen LogP contribution in [0, 0.1) is 0 Å². The fraction of sp³-hybridized carbons (Fsp3) is 0.462. The maximum Gasteiger partial charge on any atom is 0.267 e. The van der Waals surface area contributed by atoms with Gasteiger partial charge in [0, 0.05) is 12.7 Å². The predicted molar refractivity (Wildman–Crippen MR) is 78.9 cm³/mol. The molecule has 0 spiro atoms. The molecule has 2 aliphatic heterocycles. The maximum atomic E-state index is 12.3. The molecule has 0 saturated carbocycles. The van der Waals surface area contributed by atoms with E-state index >= 15 is 0 Å². The van der Waals surface area contributed by atoms with Crippen molar-refractivity contribution in [3.8, 4) is 0 Å². The second-order valence-corrected chi connectivity index (χ2v) is 5.39.